The number of methoxy groups -OCH3 is 2. The quantitative estimate of drug-likeness (QED) is 0.587. The zero-order valence-corrected chi connectivity index (χ0v) is 14.8. The molecule has 0 radical (unpaired) electrons. The lowest BCUT2D eigenvalue weighted by atomic mass is 10.1. The summed E-state index contributed by atoms with van der Waals surface area (Å²) in [6.45, 7) is 1.82. The van der Waals surface area contributed by atoms with Gasteiger partial charge in [0.1, 0.15) is 17.5 Å². The van der Waals surface area contributed by atoms with Crippen LogP contribution < -0.4 is 20.1 Å². The highest BCUT2D eigenvalue weighted by Gasteiger charge is 2.15. The van der Waals surface area contributed by atoms with E-state index in [1.807, 2.05) is 19.1 Å². The molecule has 1 heterocycles. The molecule has 0 saturated heterocycles. The Kier molecular flexibility index (Phi) is 6.57. The summed E-state index contributed by atoms with van der Waals surface area (Å²) in [5, 5.41) is 14.8. The summed E-state index contributed by atoms with van der Waals surface area (Å²) in [5.41, 5.74) is 0.772. The molecule has 1 amide bonds. The lowest BCUT2D eigenvalue weighted by Gasteiger charge is -2.16. The number of nitriles is 1. The Balaban J connectivity index is 2.08. The van der Waals surface area contributed by atoms with Crippen molar-refractivity contribution >= 4 is 11.7 Å². The lowest BCUT2D eigenvalue weighted by molar-refractivity contribution is -0.117. The van der Waals surface area contributed by atoms with E-state index in [2.05, 4.69) is 15.6 Å². The van der Waals surface area contributed by atoms with E-state index in [4.69, 9.17) is 9.47 Å². The van der Waals surface area contributed by atoms with E-state index >= 15 is 0 Å². The van der Waals surface area contributed by atoms with Crippen LogP contribution in [0.25, 0.3) is 0 Å². The first-order valence-electron chi connectivity index (χ1n) is 7.89. The summed E-state index contributed by atoms with van der Waals surface area (Å²) in [6, 6.07) is 12.2. The number of pyridine rings is 1. The summed E-state index contributed by atoms with van der Waals surface area (Å²) in [6.07, 6.45) is 2.94. The van der Waals surface area contributed by atoms with Gasteiger partial charge in [-0.25, -0.2) is 4.98 Å². The summed E-state index contributed by atoms with van der Waals surface area (Å²) in [4.78, 5) is 16.4. The van der Waals surface area contributed by atoms with Crippen LogP contribution in [0.4, 0.5) is 5.82 Å². The van der Waals surface area contributed by atoms with Crippen molar-refractivity contribution in [2.75, 3.05) is 19.5 Å². The summed E-state index contributed by atoms with van der Waals surface area (Å²) < 4.78 is 10.5. The molecule has 1 unspecified atom stereocenters. The van der Waals surface area contributed by atoms with Gasteiger partial charge in [0.15, 0.2) is 11.5 Å². The van der Waals surface area contributed by atoms with E-state index in [0.29, 0.717) is 17.3 Å². The van der Waals surface area contributed by atoms with Crippen LogP contribution in [0.1, 0.15) is 18.5 Å². The smallest absolute Gasteiger partial charge is 0.263 e. The van der Waals surface area contributed by atoms with Gasteiger partial charge >= 0.3 is 0 Å². The van der Waals surface area contributed by atoms with E-state index in [-0.39, 0.29) is 11.6 Å². The number of rotatable bonds is 7. The second-order valence-corrected chi connectivity index (χ2v) is 5.34. The van der Waals surface area contributed by atoms with E-state index in [1.165, 1.54) is 6.20 Å². The van der Waals surface area contributed by atoms with Crippen molar-refractivity contribution in [3.63, 3.8) is 0 Å². The minimum absolute atomic E-state index is 0.0528. The standard InChI is InChI=1S/C19H20N4O3/c1-13(14-7-8-16(25-2)17(10-14)26-3)23-19(24)15(11-20)12-22-18-6-4-5-9-21-18/h4-10,12-13H,1-3H3,(H,21,22)(H,23,24)/b15-12-. The minimum Gasteiger partial charge on any atom is -0.493 e. The molecule has 0 aliphatic rings. The number of nitrogens with one attached hydrogen (secondary N) is 2. The van der Waals surface area contributed by atoms with E-state index in [0.717, 1.165) is 5.56 Å². The first-order chi connectivity index (χ1) is 12.6. The SMILES string of the molecule is COc1ccc(C(C)NC(=O)/C(C#N)=C\Nc2ccccn2)cc1OC. The molecule has 0 aliphatic heterocycles. The normalized spacial score (nSPS) is 11.8. The third-order valence-electron chi connectivity index (χ3n) is 3.65. The van der Waals surface area contributed by atoms with Crippen molar-refractivity contribution in [2.24, 2.45) is 0 Å². The summed E-state index contributed by atoms with van der Waals surface area (Å²) in [5.74, 6) is 1.23. The molecule has 2 N–H and O–H groups in total. The van der Waals surface area contributed by atoms with Gasteiger partial charge in [-0.2, -0.15) is 5.26 Å². The van der Waals surface area contributed by atoms with Crippen molar-refractivity contribution in [3.8, 4) is 17.6 Å². The number of carbonyl (C=O) groups excluding carboxylic acids is 1. The van der Waals surface area contributed by atoms with Crippen molar-refractivity contribution in [2.45, 2.75) is 13.0 Å². The molecule has 1 aromatic carbocycles. The van der Waals surface area contributed by atoms with Gasteiger partial charge in [-0.3, -0.25) is 4.79 Å². The van der Waals surface area contributed by atoms with Gasteiger partial charge in [-0.05, 0) is 36.8 Å². The maximum absolute atomic E-state index is 12.3. The van der Waals surface area contributed by atoms with Gasteiger partial charge in [0.25, 0.3) is 5.91 Å². The van der Waals surface area contributed by atoms with Gasteiger partial charge in [0.2, 0.25) is 0 Å². The van der Waals surface area contributed by atoms with Crippen LogP contribution in [-0.2, 0) is 4.79 Å². The third-order valence-corrected chi connectivity index (χ3v) is 3.65. The Labute approximate surface area is 152 Å². The highest BCUT2D eigenvalue weighted by Crippen LogP contribution is 2.29. The van der Waals surface area contributed by atoms with Gasteiger partial charge < -0.3 is 20.1 Å². The molecule has 134 valence electrons. The number of ether oxygens (including phenoxy) is 2. The molecule has 1 atom stereocenters. The van der Waals surface area contributed by atoms with Crippen LogP contribution in [0.2, 0.25) is 0 Å². The molecule has 2 aromatic rings. The van der Waals surface area contributed by atoms with E-state index in [1.54, 1.807) is 50.7 Å². The zero-order valence-electron chi connectivity index (χ0n) is 14.8. The predicted octanol–water partition coefficient (Wildman–Crippen LogP) is 2.80. The molecule has 1 aromatic heterocycles. The van der Waals surface area contributed by atoms with Gasteiger partial charge in [0, 0.05) is 12.4 Å². The fraction of sp³-hybridized carbons (Fsp3) is 0.211. The lowest BCUT2D eigenvalue weighted by Crippen LogP contribution is -2.28. The first-order valence-corrected chi connectivity index (χ1v) is 7.89. The zero-order chi connectivity index (χ0) is 18.9. The molecule has 0 spiro atoms. The minimum atomic E-state index is -0.488. The molecule has 0 bridgehead atoms. The van der Waals surface area contributed by atoms with Crippen LogP contribution >= 0.6 is 0 Å². The Morgan fingerprint density at radius 2 is 2.00 bits per heavy atom. The molecule has 2 rings (SSSR count). The van der Waals surface area contributed by atoms with Crippen molar-refractivity contribution in [1.29, 1.82) is 5.26 Å². The molecule has 0 aliphatic carbocycles. The largest absolute Gasteiger partial charge is 0.493 e. The number of hydrogen-bond acceptors (Lipinski definition) is 6. The Hall–Kier alpha value is -3.53. The molecule has 7 heteroatoms. The average molecular weight is 352 g/mol. The Morgan fingerprint density at radius 1 is 1.23 bits per heavy atom. The second-order valence-electron chi connectivity index (χ2n) is 5.34. The van der Waals surface area contributed by atoms with Crippen LogP contribution in [0.3, 0.4) is 0 Å². The number of anilines is 1. The molecule has 0 fully saturated rings. The first kappa shape index (κ1) is 18.8. The van der Waals surface area contributed by atoms with Gasteiger partial charge in [-0.15, -0.1) is 0 Å². The number of benzene rings is 1. The predicted molar refractivity (Wildman–Crippen MR) is 97.7 cm³/mol. The number of hydrogen-bond donors (Lipinski definition) is 2. The molecule has 26 heavy (non-hydrogen) atoms. The maximum Gasteiger partial charge on any atom is 0.263 e. The number of aromatic nitrogens is 1. The van der Waals surface area contributed by atoms with Gasteiger partial charge in [-0.1, -0.05) is 12.1 Å². The number of amides is 1. The monoisotopic (exact) mass is 352 g/mol. The fourth-order valence-corrected chi connectivity index (χ4v) is 2.22. The Morgan fingerprint density at radius 3 is 2.62 bits per heavy atom. The maximum atomic E-state index is 12.3. The average Bonchev–Trinajstić information content (AvgIpc) is 2.68. The summed E-state index contributed by atoms with van der Waals surface area (Å²) >= 11 is 0. The highest BCUT2D eigenvalue weighted by atomic mass is 16.5. The van der Waals surface area contributed by atoms with Crippen LogP contribution in [0.5, 0.6) is 11.5 Å². The highest BCUT2D eigenvalue weighted by molar-refractivity contribution is 5.97. The van der Waals surface area contributed by atoms with Crippen LogP contribution in [0.15, 0.2) is 54.4 Å². The number of nitrogens with zero attached hydrogens (tertiary/aromatic N) is 2. The van der Waals surface area contributed by atoms with Crippen molar-refractivity contribution in [3.05, 3.63) is 59.9 Å². The van der Waals surface area contributed by atoms with Crippen molar-refractivity contribution < 1.29 is 14.3 Å². The molecule has 0 saturated carbocycles. The molecule has 7 nitrogen and oxygen atoms in total. The molecular formula is C19H20N4O3. The van der Waals surface area contributed by atoms with E-state index < -0.39 is 5.91 Å². The van der Waals surface area contributed by atoms with Crippen LogP contribution in [-0.4, -0.2) is 25.1 Å². The fourth-order valence-electron chi connectivity index (χ4n) is 2.22. The van der Waals surface area contributed by atoms with Crippen LogP contribution in [0, 0.1) is 11.3 Å². The second kappa shape index (κ2) is 9.08. The van der Waals surface area contributed by atoms with Gasteiger partial charge in [0.05, 0.1) is 20.3 Å². The van der Waals surface area contributed by atoms with Crippen molar-refractivity contribution in [1.82, 2.24) is 10.3 Å². The molecular weight excluding hydrogens is 332 g/mol. The number of carbonyl (C=O) groups is 1. The van der Waals surface area contributed by atoms with E-state index in [9.17, 15) is 10.1 Å². The topological polar surface area (TPSA) is 96.3 Å². The summed E-state index contributed by atoms with van der Waals surface area (Å²) in [7, 11) is 3.10. The Bertz CT molecular complexity index is 828. The third kappa shape index (κ3) is 4.74.